The van der Waals surface area contributed by atoms with Crippen LogP contribution in [0.15, 0.2) is 24.3 Å². The fraction of sp³-hybridized carbons (Fsp3) is 0.571. The Kier molecular flexibility index (Phi) is 4.97. The van der Waals surface area contributed by atoms with Crippen LogP contribution < -0.4 is 10.5 Å². The highest BCUT2D eigenvalue weighted by Gasteiger charge is 2.31. The smallest absolute Gasteiger partial charge is 0.119 e. The Labute approximate surface area is 104 Å². The summed E-state index contributed by atoms with van der Waals surface area (Å²) in [4.78, 5) is 0. The number of aliphatic hydroxyl groups is 1. The Hall–Kier alpha value is -1.06. The molecule has 3 nitrogen and oxygen atoms in total. The number of benzene rings is 1. The average Bonchev–Trinajstić information content (AvgIpc) is 2.35. The van der Waals surface area contributed by atoms with Gasteiger partial charge >= 0.3 is 0 Å². The first kappa shape index (κ1) is 14.0. The van der Waals surface area contributed by atoms with Crippen molar-refractivity contribution in [2.24, 2.45) is 11.7 Å². The van der Waals surface area contributed by atoms with E-state index >= 15 is 0 Å². The summed E-state index contributed by atoms with van der Waals surface area (Å²) in [5.41, 5.74) is 5.57. The summed E-state index contributed by atoms with van der Waals surface area (Å²) < 4.78 is 5.50. The molecule has 0 saturated heterocycles. The minimum Gasteiger partial charge on any atom is -0.494 e. The van der Waals surface area contributed by atoms with Crippen molar-refractivity contribution in [1.29, 1.82) is 0 Å². The number of rotatable bonds is 6. The highest BCUT2D eigenvalue weighted by molar-refractivity contribution is 5.31. The van der Waals surface area contributed by atoms with Crippen LogP contribution in [-0.4, -0.2) is 18.3 Å². The number of ether oxygens (including phenoxy) is 1. The quantitative estimate of drug-likeness (QED) is 0.798. The van der Waals surface area contributed by atoms with Crippen LogP contribution in [0.1, 0.15) is 32.8 Å². The van der Waals surface area contributed by atoms with E-state index in [1.165, 1.54) is 0 Å². The lowest BCUT2D eigenvalue weighted by Crippen LogP contribution is -2.39. The van der Waals surface area contributed by atoms with E-state index < -0.39 is 5.60 Å². The highest BCUT2D eigenvalue weighted by atomic mass is 16.5. The number of hydrogen-bond acceptors (Lipinski definition) is 3. The molecule has 1 rings (SSSR count). The summed E-state index contributed by atoms with van der Waals surface area (Å²) >= 11 is 0. The SMILES string of the molecule is CCCOc1ccc(C(O)(CN)C(C)C)cc1. The molecule has 0 aromatic heterocycles. The maximum Gasteiger partial charge on any atom is 0.119 e. The number of hydrogen-bond donors (Lipinski definition) is 2. The van der Waals surface area contributed by atoms with Crippen molar-refractivity contribution in [3.63, 3.8) is 0 Å². The fourth-order valence-electron chi connectivity index (χ4n) is 1.75. The van der Waals surface area contributed by atoms with Crippen LogP contribution in [0.2, 0.25) is 0 Å². The van der Waals surface area contributed by atoms with Gasteiger partial charge < -0.3 is 15.6 Å². The van der Waals surface area contributed by atoms with Gasteiger partial charge in [0.05, 0.1) is 6.61 Å². The molecule has 0 heterocycles. The largest absolute Gasteiger partial charge is 0.494 e. The van der Waals surface area contributed by atoms with Crippen LogP contribution in [0.25, 0.3) is 0 Å². The molecule has 0 radical (unpaired) electrons. The Morgan fingerprint density at radius 1 is 1.29 bits per heavy atom. The van der Waals surface area contributed by atoms with E-state index in [0.29, 0.717) is 6.61 Å². The molecular formula is C14H23NO2. The number of nitrogens with two attached hydrogens (primary N) is 1. The van der Waals surface area contributed by atoms with Crippen LogP contribution in [-0.2, 0) is 5.60 Å². The van der Waals surface area contributed by atoms with Gasteiger partial charge in [0.1, 0.15) is 11.4 Å². The molecule has 1 atom stereocenters. The molecule has 17 heavy (non-hydrogen) atoms. The first-order valence-electron chi connectivity index (χ1n) is 6.20. The third kappa shape index (κ3) is 3.20. The summed E-state index contributed by atoms with van der Waals surface area (Å²) in [7, 11) is 0. The van der Waals surface area contributed by atoms with Crippen molar-refractivity contribution < 1.29 is 9.84 Å². The highest BCUT2D eigenvalue weighted by Crippen LogP contribution is 2.29. The van der Waals surface area contributed by atoms with E-state index in [2.05, 4.69) is 6.92 Å². The molecule has 1 aromatic carbocycles. The summed E-state index contributed by atoms with van der Waals surface area (Å²) in [6.07, 6.45) is 0.987. The molecular weight excluding hydrogens is 214 g/mol. The fourth-order valence-corrected chi connectivity index (χ4v) is 1.75. The average molecular weight is 237 g/mol. The van der Waals surface area contributed by atoms with Gasteiger partial charge in [0.15, 0.2) is 0 Å². The molecule has 0 aliphatic carbocycles. The molecule has 0 bridgehead atoms. The lowest BCUT2D eigenvalue weighted by Gasteiger charge is -2.31. The van der Waals surface area contributed by atoms with Crippen LogP contribution in [0, 0.1) is 5.92 Å². The van der Waals surface area contributed by atoms with Crippen molar-refractivity contribution in [2.45, 2.75) is 32.8 Å². The Morgan fingerprint density at radius 2 is 1.88 bits per heavy atom. The standard InChI is InChI=1S/C14H23NO2/c1-4-9-17-13-7-5-12(6-8-13)14(16,10-15)11(2)3/h5-8,11,16H,4,9-10,15H2,1-3H3. The second-order valence-electron chi connectivity index (χ2n) is 4.66. The third-order valence-electron chi connectivity index (χ3n) is 3.09. The molecule has 1 aromatic rings. The van der Waals surface area contributed by atoms with Gasteiger partial charge in [0.25, 0.3) is 0 Å². The molecule has 0 fully saturated rings. The zero-order valence-corrected chi connectivity index (χ0v) is 10.9. The first-order valence-corrected chi connectivity index (χ1v) is 6.20. The van der Waals surface area contributed by atoms with E-state index in [9.17, 15) is 5.11 Å². The van der Waals surface area contributed by atoms with Crippen molar-refractivity contribution in [1.82, 2.24) is 0 Å². The van der Waals surface area contributed by atoms with Crippen LogP contribution in [0.4, 0.5) is 0 Å². The van der Waals surface area contributed by atoms with Gasteiger partial charge in [-0.2, -0.15) is 0 Å². The van der Waals surface area contributed by atoms with Crippen molar-refractivity contribution >= 4 is 0 Å². The van der Waals surface area contributed by atoms with E-state index in [1.54, 1.807) is 0 Å². The van der Waals surface area contributed by atoms with Crippen molar-refractivity contribution in [3.05, 3.63) is 29.8 Å². The van der Waals surface area contributed by atoms with Gasteiger partial charge in [-0.25, -0.2) is 0 Å². The van der Waals surface area contributed by atoms with Gasteiger partial charge in [0, 0.05) is 6.54 Å². The van der Waals surface area contributed by atoms with E-state index in [1.807, 2.05) is 38.1 Å². The van der Waals surface area contributed by atoms with Gasteiger partial charge in [0.2, 0.25) is 0 Å². The molecule has 0 spiro atoms. The van der Waals surface area contributed by atoms with Gasteiger partial charge in [-0.05, 0) is 30.0 Å². The van der Waals surface area contributed by atoms with E-state index in [4.69, 9.17) is 10.5 Å². The molecule has 0 aliphatic heterocycles. The lowest BCUT2D eigenvalue weighted by atomic mass is 9.83. The monoisotopic (exact) mass is 237 g/mol. The third-order valence-corrected chi connectivity index (χ3v) is 3.09. The molecule has 3 heteroatoms. The molecule has 1 unspecified atom stereocenters. The van der Waals surface area contributed by atoms with E-state index in [-0.39, 0.29) is 12.5 Å². The minimum absolute atomic E-state index is 0.0786. The molecule has 0 saturated carbocycles. The predicted molar refractivity (Wildman–Crippen MR) is 70.0 cm³/mol. The Balaban J connectivity index is 2.85. The van der Waals surface area contributed by atoms with E-state index in [0.717, 1.165) is 17.7 Å². The van der Waals surface area contributed by atoms with Gasteiger partial charge in [-0.3, -0.25) is 0 Å². The summed E-state index contributed by atoms with van der Waals surface area (Å²) in [6, 6.07) is 7.54. The second-order valence-corrected chi connectivity index (χ2v) is 4.66. The van der Waals surface area contributed by atoms with Crippen molar-refractivity contribution in [3.8, 4) is 5.75 Å². The summed E-state index contributed by atoms with van der Waals surface area (Å²) in [6.45, 7) is 6.94. The maximum absolute atomic E-state index is 10.5. The first-order chi connectivity index (χ1) is 8.04. The zero-order chi connectivity index (χ0) is 12.9. The summed E-state index contributed by atoms with van der Waals surface area (Å²) in [5, 5.41) is 10.5. The van der Waals surface area contributed by atoms with Crippen LogP contribution in [0.3, 0.4) is 0 Å². The van der Waals surface area contributed by atoms with Crippen LogP contribution in [0.5, 0.6) is 5.75 Å². The Morgan fingerprint density at radius 3 is 2.29 bits per heavy atom. The van der Waals surface area contributed by atoms with Crippen LogP contribution >= 0.6 is 0 Å². The van der Waals surface area contributed by atoms with Crippen molar-refractivity contribution in [2.75, 3.05) is 13.2 Å². The van der Waals surface area contributed by atoms with Gasteiger partial charge in [-0.1, -0.05) is 32.9 Å². The zero-order valence-electron chi connectivity index (χ0n) is 10.9. The summed E-state index contributed by atoms with van der Waals surface area (Å²) in [5.74, 6) is 0.911. The normalized spacial score (nSPS) is 14.7. The maximum atomic E-state index is 10.5. The molecule has 0 amide bonds. The molecule has 3 N–H and O–H groups in total. The second kappa shape index (κ2) is 6.03. The van der Waals surface area contributed by atoms with Gasteiger partial charge in [-0.15, -0.1) is 0 Å². The molecule has 96 valence electrons. The Bertz CT molecular complexity index is 335. The topological polar surface area (TPSA) is 55.5 Å². The lowest BCUT2D eigenvalue weighted by molar-refractivity contribution is -0.00117. The molecule has 0 aliphatic rings. The predicted octanol–water partition coefficient (Wildman–Crippen LogP) is 2.28. The minimum atomic E-state index is -0.955.